The van der Waals surface area contributed by atoms with E-state index >= 15 is 0 Å². The lowest BCUT2D eigenvalue weighted by molar-refractivity contribution is -0.116. The zero-order valence-corrected chi connectivity index (χ0v) is 18.9. The van der Waals surface area contributed by atoms with Gasteiger partial charge in [0.05, 0.1) is 16.7 Å². The van der Waals surface area contributed by atoms with Gasteiger partial charge in [0.25, 0.3) is 0 Å². The molecule has 0 aliphatic rings. The monoisotopic (exact) mass is 441 g/mol. The Labute approximate surface area is 175 Å². The molecule has 0 bridgehead atoms. The van der Waals surface area contributed by atoms with Gasteiger partial charge in [-0.25, -0.2) is 8.42 Å². The van der Waals surface area contributed by atoms with E-state index in [1.807, 2.05) is 13.8 Å². The van der Waals surface area contributed by atoms with E-state index < -0.39 is 15.9 Å². The predicted molar refractivity (Wildman–Crippen MR) is 114 cm³/mol. The van der Waals surface area contributed by atoms with Crippen LogP contribution >= 0.6 is 11.3 Å². The first kappa shape index (κ1) is 23.1. The van der Waals surface area contributed by atoms with Gasteiger partial charge in [-0.3, -0.25) is 14.2 Å². The number of rotatable bonds is 9. The number of sulfonamides is 1. The molecule has 1 aromatic heterocycles. The number of anilines is 1. The van der Waals surface area contributed by atoms with E-state index in [1.54, 1.807) is 26.2 Å². The first-order valence-corrected chi connectivity index (χ1v) is 11.7. The van der Waals surface area contributed by atoms with Gasteiger partial charge in [0.1, 0.15) is 12.3 Å². The Hall–Kier alpha value is -2.17. The van der Waals surface area contributed by atoms with Gasteiger partial charge in [-0.05, 0) is 39.0 Å². The van der Waals surface area contributed by atoms with Crippen molar-refractivity contribution in [2.75, 3.05) is 18.4 Å². The minimum atomic E-state index is -3.70. The predicted octanol–water partition coefficient (Wildman–Crippen LogP) is 2.67. The number of carbonyl (C=O) groups excluding carboxylic acids is 1. The molecular weight excluding hydrogens is 414 g/mol. The highest BCUT2D eigenvalue weighted by molar-refractivity contribution is 7.89. The summed E-state index contributed by atoms with van der Waals surface area (Å²) >= 11 is 1.02. The number of thiazole rings is 1. The van der Waals surface area contributed by atoms with E-state index in [0.29, 0.717) is 24.5 Å². The van der Waals surface area contributed by atoms with Gasteiger partial charge < -0.3 is 10.1 Å². The maximum Gasteiger partial charge on any atom is 0.307 e. The average molecular weight is 442 g/mol. The summed E-state index contributed by atoms with van der Waals surface area (Å²) in [6.45, 7) is 9.46. The molecule has 1 N–H and O–H groups in total. The van der Waals surface area contributed by atoms with Crippen LogP contribution in [-0.4, -0.2) is 42.4 Å². The third-order valence-corrected chi connectivity index (χ3v) is 7.14. The second-order valence-corrected chi connectivity index (χ2v) is 9.45. The molecule has 0 atom stereocenters. The number of amides is 1. The molecule has 1 heterocycles. The number of ether oxygens (including phenoxy) is 1. The van der Waals surface area contributed by atoms with E-state index in [2.05, 4.69) is 5.32 Å². The minimum absolute atomic E-state index is 0.0662. The molecule has 29 heavy (non-hydrogen) atoms. The van der Waals surface area contributed by atoms with Gasteiger partial charge in [0, 0.05) is 24.2 Å². The van der Waals surface area contributed by atoms with Crippen molar-refractivity contribution in [2.45, 2.75) is 52.2 Å². The molecule has 0 radical (unpaired) electrons. The van der Waals surface area contributed by atoms with Gasteiger partial charge in [-0.1, -0.05) is 25.2 Å². The SMILES string of the molecule is CCN(CC)S(=O)(=O)c1ccc(OC(C)C)c(NC(=O)Cn2c(C)csc2=O)c1. The van der Waals surface area contributed by atoms with Gasteiger partial charge in [-0.2, -0.15) is 4.31 Å². The molecule has 10 heteroatoms. The van der Waals surface area contributed by atoms with Crippen LogP contribution in [0.15, 0.2) is 33.3 Å². The molecule has 0 aliphatic carbocycles. The van der Waals surface area contributed by atoms with Crippen molar-refractivity contribution in [2.24, 2.45) is 0 Å². The fourth-order valence-electron chi connectivity index (χ4n) is 2.77. The van der Waals surface area contributed by atoms with Crippen LogP contribution in [0.5, 0.6) is 5.75 Å². The normalized spacial score (nSPS) is 11.8. The Kier molecular flexibility index (Phi) is 7.61. The molecule has 0 aliphatic heterocycles. The van der Waals surface area contributed by atoms with Crippen LogP contribution < -0.4 is 14.9 Å². The number of aryl methyl sites for hydroxylation is 1. The summed E-state index contributed by atoms with van der Waals surface area (Å²) in [7, 11) is -3.70. The Bertz CT molecular complexity index is 1020. The summed E-state index contributed by atoms with van der Waals surface area (Å²) in [5.41, 5.74) is 0.935. The molecule has 8 nitrogen and oxygen atoms in total. The summed E-state index contributed by atoms with van der Waals surface area (Å²) in [6.07, 6.45) is -0.169. The van der Waals surface area contributed by atoms with Crippen LogP contribution in [0, 0.1) is 6.92 Å². The van der Waals surface area contributed by atoms with Gasteiger partial charge in [0.15, 0.2) is 0 Å². The van der Waals surface area contributed by atoms with Crippen LogP contribution in [0.1, 0.15) is 33.4 Å². The van der Waals surface area contributed by atoms with E-state index in [1.165, 1.54) is 27.1 Å². The highest BCUT2D eigenvalue weighted by atomic mass is 32.2. The third-order valence-electron chi connectivity index (χ3n) is 4.21. The number of hydrogen-bond acceptors (Lipinski definition) is 6. The second-order valence-electron chi connectivity index (χ2n) is 6.69. The third kappa shape index (κ3) is 5.46. The average Bonchev–Trinajstić information content (AvgIpc) is 2.95. The smallest absolute Gasteiger partial charge is 0.307 e. The van der Waals surface area contributed by atoms with Crippen molar-refractivity contribution in [1.82, 2.24) is 8.87 Å². The van der Waals surface area contributed by atoms with Crippen molar-refractivity contribution in [3.8, 4) is 5.75 Å². The maximum atomic E-state index is 12.8. The lowest BCUT2D eigenvalue weighted by Gasteiger charge is -2.20. The Morgan fingerprint density at radius 2 is 1.93 bits per heavy atom. The summed E-state index contributed by atoms with van der Waals surface area (Å²) in [5.74, 6) is -0.0826. The fraction of sp³-hybridized carbons (Fsp3) is 0.474. The molecule has 2 aromatic rings. The largest absolute Gasteiger partial charge is 0.489 e. The zero-order chi connectivity index (χ0) is 21.8. The highest BCUT2D eigenvalue weighted by Gasteiger charge is 2.23. The number of carbonyl (C=O) groups is 1. The van der Waals surface area contributed by atoms with E-state index in [9.17, 15) is 18.0 Å². The molecular formula is C19H27N3O5S2. The van der Waals surface area contributed by atoms with E-state index in [-0.39, 0.29) is 28.1 Å². The first-order valence-electron chi connectivity index (χ1n) is 9.35. The molecule has 160 valence electrons. The molecule has 2 rings (SSSR count). The highest BCUT2D eigenvalue weighted by Crippen LogP contribution is 2.30. The molecule has 1 aromatic carbocycles. The minimum Gasteiger partial charge on any atom is -0.489 e. The standard InChI is InChI=1S/C19H27N3O5S2/c1-6-21(7-2)29(25,26)15-8-9-17(27-13(3)4)16(10-15)20-18(23)11-22-14(5)12-28-19(22)24/h8-10,12-13H,6-7,11H2,1-5H3,(H,20,23). The molecule has 1 amide bonds. The summed E-state index contributed by atoms with van der Waals surface area (Å²) in [6, 6.07) is 4.40. The first-order chi connectivity index (χ1) is 13.6. The van der Waals surface area contributed by atoms with Crippen molar-refractivity contribution in [1.29, 1.82) is 0 Å². The Morgan fingerprint density at radius 3 is 2.45 bits per heavy atom. The quantitative estimate of drug-likeness (QED) is 0.645. The van der Waals surface area contributed by atoms with Crippen molar-refractivity contribution < 1.29 is 17.9 Å². The van der Waals surface area contributed by atoms with Gasteiger partial charge in [0.2, 0.25) is 15.9 Å². The summed E-state index contributed by atoms with van der Waals surface area (Å²) in [5, 5.41) is 4.37. The molecule has 0 saturated heterocycles. The molecule has 0 saturated carbocycles. The lowest BCUT2D eigenvalue weighted by Crippen LogP contribution is -2.30. The summed E-state index contributed by atoms with van der Waals surface area (Å²) in [4.78, 5) is 24.2. The van der Waals surface area contributed by atoms with E-state index in [4.69, 9.17) is 4.74 Å². The van der Waals surface area contributed by atoms with Gasteiger partial charge >= 0.3 is 4.87 Å². The van der Waals surface area contributed by atoms with Crippen molar-refractivity contribution in [3.05, 3.63) is 38.9 Å². The van der Waals surface area contributed by atoms with Crippen LogP contribution in [-0.2, 0) is 21.4 Å². The van der Waals surface area contributed by atoms with Gasteiger partial charge in [-0.15, -0.1) is 0 Å². The number of benzene rings is 1. The van der Waals surface area contributed by atoms with Crippen molar-refractivity contribution in [3.63, 3.8) is 0 Å². The fourth-order valence-corrected chi connectivity index (χ4v) is 4.99. The number of aromatic nitrogens is 1. The zero-order valence-electron chi connectivity index (χ0n) is 17.3. The van der Waals surface area contributed by atoms with Crippen LogP contribution in [0.3, 0.4) is 0 Å². The topological polar surface area (TPSA) is 97.7 Å². The van der Waals surface area contributed by atoms with Crippen LogP contribution in [0.4, 0.5) is 5.69 Å². The number of hydrogen-bond donors (Lipinski definition) is 1. The Balaban J connectivity index is 2.39. The lowest BCUT2D eigenvalue weighted by atomic mass is 10.2. The summed E-state index contributed by atoms with van der Waals surface area (Å²) < 4.78 is 34.1. The van der Waals surface area contributed by atoms with E-state index in [0.717, 1.165) is 11.3 Å². The molecule has 0 spiro atoms. The van der Waals surface area contributed by atoms with Crippen molar-refractivity contribution >= 4 is 33.0 Å². The maximum absolute atomic E-state index is 12.8. The number of nitrogens with zero attached hydrogens (tertiary/aromatic N) is 2. The van der Waals surface area contributed by atoms with Crippen LogP contribution in [0.2, 0.25) is 0 Å². The number of nitrogens with one attached hydrogen (secondary N) is 1. The second kappa shape index (κ2) is 9.55. The molecule has 0 unspecified atom stereocenters. The Morgan fingerprint density at radius 1 is 1.28 bits per heavy atom. The van der Waals surface area contributed by atoms with Crippen LogP contribution in [0.25, 0.3) is 0 Å². The molecule has 0 fully saturated rings.